The number of rotatable bonds is 10. The Balaban J connectivity index is 2.38. The minimum absolute atomic E-state index is 0.141. The topological polar surface area (TPSA) is 55.3 Å². The minimum atomic E-state index is 0.141. The molecule has 4 N–H and O–H groups in total. The van der Waals surface area contributed by atoms with E-state index in [1.807, 2.05) is 0 Å². The van der Waals surface area contributed by atoms with Gasteiger partial charge in [0.05, 0.1) is 0 Å². The Morgan fingerprint density at radius 2 is 1.03 bits per heavy atom. The van der Waals surface area contributed by atoms with E-state index in [2.05, 4.69) is 95.8 Å². The lowest BCUT2D eigenvalue weighted by atomic mass is 9.76. The molecule has 0 bridgehead atoms. The van der Waals surface area contributed by atoms with Gasteiger partial charge in [0.25, 0.3) is 0 Å². The fraction of sp³-hybridized carbons (Fsp3) is 0.438. The quantitative estimate of drug-likeness (QED) is 0.239. The van der Waals surface area contributed by atoms with Crippen molar-refractivity contribution in [2.24, 2.45) is 0 Å². The van der Waals surface area contributed by atoms with Gasteiger partial charge in [-0.25, -0.2) is 0 Å². The summed E-state index contributed by atoms with van der Waals surface area (Å²) in [5, 5.41) is 0. The standard InChI is InChI=1S/C32H45N3/c1-8-23-25(10-3)30(33)18-16-28(23)32(29-17-19-31(34)26(11-4)24(29)9-2)27-15-14-22(20-21(27)7)35(12-5)13-6/h14-20,32H,8-13,33-34H2,1-7H3. The number of nitrogens with zero attached hydrogens (tertiary/aromatic N) is 1. The van der Waals surface area contributed by atoms with Gasteiger partial charge in [-0.05, 0) is 115 Å². The first-order chi connectivity index (χ1) is 16.9. The van der Waals surface area contributed by atoms with E-state index in [9.17, 15) is 0 Å². The second-order valence-electron chi connectivity index (χ2n) is 9.46. The van der Waals surface area contributed by atoms with Crippen molar-refractivity contribution in [1.82, 2.24) is 0 Å². The lowest BCUT2D eigenvalue weighted by Crippen LogP contribution is -2.22. The van der Waals surface area contributed by atoms with Crippen molar-refractivity contribution in [2.75, 3.05) is 29.5 Å². The van der Waals surface area contributed by atoms with Gasteiger partial charge in [-0.3, -0.25) is 0 Å². The monoisotopic (exact) mass is 471 g/mol. The minimum Gasteiger partial charge on any atom is -0.398 e. The molecule has 3 rings (SSSR count). The number of hydrogen-bond donors (Lipinski definition) is 2. The maximum atomic E-state index is 6.47. The fourth-order valence-corrected chi connectivity index (χ4v) is 5.94. The summed E-state index contributed by atoms with van der Waals surface area (Å²) in [5.74, 6) is 0.141. The molecule has 0 radical (unpaired) electrons. The van der Waals surface area contributed by atoms with E-state index >= 15 is 0 Å². The van der Waals surface area contributed by atoms with Gasteiger partial charge in [0.1, 0.15) is 0 Å². The van der Waals surface area contributed by atoms with Crippen LogP contribution in [0.2, 0.25) is 0 Å². The highest BCUT2D eigenvalue weighted by atomic mass is 15.1. The predicted molar refractivity (Wildman–Crippen MR) is 155 cm³/mol. The third-order valence-electron chi connectivity index (χ3n) is 7.74. The summed E-state index contributed by atoms with van der Waals surface area (Å²) in [6.07, 6.45) is 3.82. The zero-order valence-electron chi connectivity index (χ0n) is 23.0. The highest BCUT2D eigenvalue weighted by molar-refractivity contribution is 5.64. The van der Waals surface area contributed by atoms with Crippen molar-refractivity contribution in [2.45, 2.75) is 80.1 Å². The second kappa shape index (κ2) is 11.7. The van der Waals surface area contributed by atoms with E-state index < -0.39 is 0 Å². The Morgan fingerprint density at radius 1 is 0.600 bits per heavy atom. The summed E-state index contributed by atoms with van der Waals surface area (Å²) < 4.78 is 0. The zero-order chi connectivity index (χ0) is 25.7. The Kier molecular flexibility index (Phi) is 8.88. The molecular formula is C32H45N3. The molecule has 0 aliphatic carbocycles. The second-order valence-corrected chi connectivity index (χ2v) is 9.46. The number of aryl methyl sites for hydroxylation is 1. The van der Waals surface area contributed by atoms with E-state index in [4.69, 9.17) is 11.5 Å². The smallest absolute Gasteiger partial charge is 0.0368 e. The van der Waals surface area contributed by atoms with Gasteiger partial charge in [-0.1, -0.05) is 45.9 Å². The number of hydrogen-bond acceptors (Lipinski definition) is 3. The van der Waals surface area contributed by atoms with Gasteiger partial charge >= 0.3 is 0 Å². The molecule has 0 spiro atoms. The molecule has 0 aliphatic heterocycles. The average molecular weight is 472 g/mol. The van der Waals surface area contributed by atoms with Crippen LogP contribution in [0.3, 0.4) is 0 Å². The van der Waals surface area contributed by atoms with Crippen molar-refractivity contribution in [3.8, 4) is 0 Å². The molecule has 35 heavy (non-hydrogen) atoms. The first-order valence-corrected chi connectivity index (χ1v) is 13.5. The normalized spacial score (nSPS) is 11.3. The van der Waals surface area contributed by atoms with Crippen LogP contribution in [-0.2, 0) is 25.7 Å². The maximum absolute atomic E-state index is 6.47. The van der Waals surface area contributed by atoms with Crippen LogP contribution in [0.15, 0.2) is 42.5 Å². The van der Waals surface area contributed by atoms with Gasteiger partial charge < -0.3 is 16.4 Å². The van der Waals surface area contributed by atoms with Gasteiger partial charge in [-0.2, -0.15) is 0 Å². The zero-order valence-corrected chi connectivity index (χ0v) is 23.0. The van der Waals surface area contributed by atoms with E-state index in [0.29, 0.717) is 0 Å². The lowest BCUT2D eigenvalue weighted by Gasteiger charge is -2.29. The summed E-state index contributed by atoms with van der Waals surface area (Å²) in [4.78, 5) is 2.41. The molecule has 0 fully saturated rings. The van der Waals surface area contributed by atoms with E-state index in [1.54, 1.807) is 0 Å². The Morgan fingerprint density at radius 3 is 1.40 bits per heavy atom. The molecule has 3 aromatic rings. The molecule has 0 heterocycles. The summed E-state index contributed by atoms with van der Waals surface area (Å²) in [6.45, 7) is 17.7. The van der Waals surface area contributed by atoms with Crippen molar-refractivity contribution in [1.29, 1.82) is 0 Å². The van der Waals surface area contributed by atoms with E-state index in [0.717, 1.165) is 50.1 Å². The van der Waals surface area contributed by atoms with Crippen molar-refractivity contribution >= 4 is 17.1 Å². The van der Waals surface area contributed by atoms with Gasteiger partial charge in [0, 0.05) is 36.1 Å². The molecule has 188 valence electrons. The molecule has 0 aliphatic rings. The number of nitrogen functional groups attached to an aromatic ring is 2. The number of benzene rings is 3. The van der Waals surface area contributed by atoms with Crippen molar-refractivity contribution in [3.05, 3.63) is 87.0 Å². The summed E-state index contributed by atoms with van der Waals surface area (Å²) in [7, 11) is 0. The van der Waals surface area contributed by atoms with Gasteiger partial charge in [-0.15, -0.1) is 0 Å². The summed E-state index contributed by atoms with van der Waals surface area (Å²) in [5.41, 5.74) is 26.8. The molecule has 0 atom stereocenters. The van der Waals surface area contributed by atoms with Gasteiger partial charge in [0.15, 0.2) is 0 Å². The molecule has 0 saturated carbocycles. The number of nitrogens with two attached hydrogens (primary N) is 2. The predicted octanol–water partition coefficient (Wildman–Crippen LogP) is 7.44. The third kappa shape index (κ3) is 5.05. The summed E-state index contributed by atoms with van der Waals surface area (Å²) in [6, 6.07) is 15.8. The molecule has 3 heteroatoms. The lowest BCUT2D eigenvalue weighted by molar-refractivity contribution is 0.858. The van der Waals surface area contributed by atoms with Crippen LogP contribution in [0.4, 0.5) is 17.1 Å². The third-order valence-corrected chi connectivity index (χ3v) is 7.74. The first-order valence-electron chi connectivity index (χ1n) is 13.5. The average Bonchev–Trinajstić information content (AvgIpc) is 2.86. The highest BCUT2D eigenvalue weighted by Gasteiger charge is 2.26. The van der Waals surface area contributed by atoms with Crippen LogP contribution in [0.1, 0.15) is 92.0 Å². The van der Waals surface area contributed by atoms with Gasteiger partial charge in [0.2, 0.25) is 0 Å². The molecular weight excluding hydrogens is 426 g/mol. The Bertz CT molecular complexity index is 1100. The van der Waals surface area contributed by atoms with Crippen molar-refractivity contribution in [3.63, 3.8) is 0 Å². The van der Waals surface area contributed by atoms with Crippen molar-refractivity contribution < 1.29 is 0 Å². The Hall–Kier alpha value is -2.94. The van der Waals surface area contributed by atoms with Crippen LogP contribution in [0.5, 0.6) is 0 Å². The van der Waals surface area contributed by atoms with E-state index in [-0.39, 0.29) is 5.92 Å². The maximum Gasteiger partial charge on any atom is 0.0368 e. The first kappa shape index (κ1) is 26.7. The van der Waals surface area contributed by atoms with E-state index in [1.165, 1.54) is 50.2 Å². The molecule has 0 aromatic heterocycles. The van der Waals surface area contributed by atoms with Crippen LogP contribution in [0.25, 0.3) is 0 Å². The molecule has 0 unspecified atom stereocenters. The van der Waals surface area contributed by atoms with Crippen LogP contribution < -0.4 is 16.4 Å². The molecule has 0 amide bonds. The largest absolute Gasteiger partial charge is 0.398 e. The SMILES string of the molecule is CCc1c(N)ccc(C(c2ccc(N(CC)CC)cc2C)c2ccc(N)c(CC)c2CC)c1CC. The molecule has 3 aromatic carbocycles. The molecule has 3 nitrogen and oxygen atoms in total. The molecule has 0 saturated heterocycles. The fourth-order valence-electron chi connectivity index (χ4n) is 5.94. The van der Waals surface area contributed by atoms with Crippen LogP contribution >= 0.6 is 0 Å². The summed E-state index contributed by atoms with van der Waals surface area (Å²) >= 11 is 0. The Labute approximate surface area is 213 Å². The number of anilines is 3. The van der Waals surface area contributed by atoms with Crippen LogP contribution in [-0.4, -0.2) is 13.1 Å². The van der Waals surface area contributed by atoms with Crippen LogP contribution in [0, 0.1) is 6.92 Å². The highest BCUT2D eigenvalue weighted by Crippen LogP contribution is 2.42.